The minimum atomic E-state index is -3.25. The number of hydrogen-bond donors (Lipinski definition) is 0. The summed E-state index contributed by atoms with van der Waals surface area (Å²) in [6, 6.07) is 13.1. The highest BCUT2D eigenvalue weighted by Crippen LogP contribution is 2.35. The number of ether oxygens (including phenoxy) is 2. The topological polar surface area (TPSA) is 70.4 Å². The van der Waals surface area contributed by atoms with Crippen LogP contribution < -0.4 is 4.74 Å². The fourth-order valence-electron chi connectivity index (χ4n) is 3.66. The van der Waals surface area contributed by atoms with Gasteiger partial charge in [0.25, 0.3) is 0 Å². The predicted octanol–water partition coefficient (Wildman–Crippen LogP) is 3.20. The maximum absolute atomic E-state index is 12.0. The molecule has 0 spiro atoms. The second-order valence-electron chi connectivity index (χ2n) is 6.89. The number of methoxy groups -OCH3 is 2. The minimum absolute atomic E-state index is 0.345. The molecular weight excluding hydrogens is 376 g/mol. The number of benzene rings is 2. The predicted molar refractivity (Wildman–Crippen MR) is 107 cm³/mol. The third-order valence-electron chi connectivity index (χ3n) is 5.04. The van der Waals surface area contributed by atoms with E-state index in [1.165, 1.54) is 6.26 Å². The van der Waals surface area contributed by atoms with Crippen LogP contribution in [-0.2, 0) is 34.0 Å². The molecule has 7 heteroatoms. The van der Waals surface area contributed by atoms with E-state index < -0.39 is 9.84 Å². The van der Waals surface area contributed by atoms with Crippen LogP contribution in [0.3, 0.4) is 0 Å². The number of sulfone groups is 1. The molecule has 0 unspecified atom stereocenters. The molecule has 0 saturated heterocycles. The molecule has 3 aromatic rings. The summed E-state index contributed by atoms with van der Waals surface area (Å²) in [7, 11) is 0.0524. The molecule has 1 aliphatic rings. The van der Waals surface area contributed by atoms with Crippen LogP contribution in [0.1, 0.15) is 17.0 Å². The first-order valence-corrected chi connectivity index (χ1v) is 10.9. The number of fused-ring (bicyclic) bond motifs is 3. The number of hydrogen-bond acceptors (Lipinski definition) is 5. The lowest BCUT2D eigenvalue weighted by molar-refractivity contribution is 0.181. The second-order valence-corrected chi connectivity index (χ2v) is 8.90. The van der Waals surface area contributed by atoms with Gasteiger partial charge in [-0.3, -0.25) is 4.57 Å². The Morgan fingerprint density at radius 2 is 1.82 bits per heavy atom. The molecule has 1 aliphatic heterocycles. The smallest absolute Gasteiger partial charge is 0.175 e. The maximum atomic E-state index is 12.0. The number of imidazole rings is 1. The zero-order chi connectivity index (χ0) is 19.9. The highest BCUT2D eigenvalue weighted by atomic mass is 32.2. The molecule has 0 amide bonds. The van der Waals surface area contributed by atoms with Gasteiger partial charge in [-0.1, -0.05) is 0 Å². The molecule has 1 aromatic heterocycles. The lowest BCUT2D eigenvalue weighted by Gasteiger charge is -2.22. The summed E-state index contributed by atoms with van der Waals surface area (Å²) in [5.74, 6) is 1.60. The van der Waals surface area contributed by atoms with Crippen molar-refractivity contribution in [2.24, 2.45) is 0 Å². The molecule has 0 bridgehead atoms. The van der Waals surface area contributed by atoms with Crippen LogP contribution in [0.4, 0.5) is 0 Å². The van der Waals surface area contributed by atoms with Gasteiger partial charge in [-0.05, 0) is 60.9 Å². The summed E-state index contributed by atoms with van der Waals surface area (Å²) in [6.07, 6.45) is 2.78. The van der Waals surface area contributed by atoms with E-state index >= 15 is 0 Å². The first kappa shape index (κ1) is 18.7. The van der Waals surface area contributed by atoms with E-state index in [1.807, 2.05) is 30.3 Å². The molecule has 2 heterocycles. The van der Waals surface area contributed by atoms with Crippen LogP contribution in [0.2, 0.25) is 0 Å². The van der Waals surface area contributed by atoms with E-state index in [1.54, 1.807) is 26.4 Å². The average Bonchev–Trinajstić information content (AvgIpc) is 3.06. The molecule has 146 valence electrons. The van der Waals surface area contributed by atoms with E-state index in [0.717, 1.165) is 52.6 Å². The zero-order valence-electron chi connectivity index (χ0n) is 16.1. The summed E-state index contributed by atoms with van der Waals surface area (Å²) in [6.45, 7) is 0.433. The van der Waals surface area contributed by atoms with Crippen molar-refractivity contribution in [3.63, 3.8) is 0 Å². The van der Waals surface area contributed by atoms with Crippen molar-refractivity contribution in [3.8, 4) is 22.8 Å². The van der Waals surface area contributed by atoms with Gasteiger partial charge in [-0.2, -0.15) is 0 Å². The Bertz CT molecular complexity index is 1130. The molecule has 0 N–H and O–H groups in total. The summed E-state index contributed by atoms with van der Waals surface area (Å²) >= 11 is 0. The first-order valence-electron chi connectivity index (χ1n) is 8.99. The van der Waals surface area contributed by atoms with Gasteiger partial charge >= 0.3 is 0 Å². The minimum Gasteiger partial charge on any atom is -0.497 e. The van der Waals surface area contributed by atoms with Gasteiger partial charge in [0, 0.05) is 24.6 Å². The highest BCUT2D eigenvalue weighted by Gasteiger charge is 2.25. The third-order valence-corrected chi connectivity index (χ3v) is 6.15. The van der Waals surface area contributed by atoms with Crippen LogP contribution in [-0.4, -0.2) is 38.4 Å². The first-order chi connectivity index (χ1) is 13.4. The molecule has 0 aliphatic carbocycles. The summed E-state index contributed by atoms with van der Waals surface area (Å²) in [4.78, 5) is 5.20. The number of rotatable bonds is 5. The number of aryl methyl sites for hydroxylation is 1. The van der Waals surface area contributed by atoms with E-state index in [4.69, 9.17) is 14.5 Å². The standard InChI is InChI=1S/C21H22N2O4S/c1-26-13-18-20-10-6-15-12-17(28(3,24)25)9-11-19(15)23(20)21(22-18)14-4-7-16(27-2)8-5-14/h4-5,7-9,11-12H,6,10,13H2,1-3H3. The van der Waals surface area contributed by atoms with Crippen molar-refractivity contribution >= 4 is 9.84 Å². The van der Waals surface area contributed by atoms with Crippen molar-refractivity contribution in [3.05, 3.63) is 59.4 Å². The molecule has 4 rings (SSSR count). The van der Waals surface area contributed by atoms with Gasteiger partial charge in [-0.15, -0.1) is 0 Å². The molecule has 6 nitrogen and oxygen atoms in total. The van der Waals surface area contributed by atoms with E-state index in [-0.39, 0.29) is 0 Å². The van der Waals surface area contributed by atoms with Crippen LogP contribution in [0.5, 0.6) is 5.75 Å². The Kier molecular flexibility index (Phi) is 4.72. The Hall–Kier alpha value is -2.64. The second kappa shape index (κ2) is 7.07. The van der Waals surface area contributed by atoms with Gasteiger partial charge in [0.2, 0.25) is 0 Å². The van der Waals surface area contributed by atoms with Crippen molar-refractivity contribution in [1.29, 1.82) is 0 Å². The van der Waals surface area contributed by atoms with Crippen molar-refractivity contribution in [2.75, 3.05) is 20.5 Å². The lowest BCUT2D eigenvalue weighted by Crippen LogP contribution is -2.14. The molecule has 0 atom stereocenters. The Morgan fingerprint density at radius 3 is 2.46 bits per heavy atom. The molecule has 2 aromatic carbocycles. The normalized spacial score (nSPS) is 13.1. The van der Waals surface area contributed by atoms with Gasteiger partial charge in [0.1, 0.15) is 11.6 Å². The Morgan fingerprint density at radius 1 is 1.07 bits per heavy atom. The van der Waals surface area contributed by atoms with Gasteiger partial charge in [-0.25, -0.2) is 13.4 Å². The van der Waals surface area contributed by atoms with Crippen molar-refractivity contribution < 1.29 is 17.9 Å². The fourth-order valence-corrected chi connectivity index (χ4v) is 4.34. The zero-order valence-corrected chi connectivity index (χ0v) is 16.9. The Balaban J connectivity index is 1.91. The Labute approximate surface area is 164 Å². The van der Waals surface area contributed by atoms with E-state index in [0.29, 0.717) is 11.5 Å². The van der Waals surface area contributed by atoms with Crippen molar-refractivity contribution in [2.45, 2.75) is 24.3 Å². The van der Waals surface area contributed by atoms with Crippen LogP contribution >= 0.6 is 0 Å². The lowest BCUT2D eigenvalue weighted by atomic mass is 10.0. The van der Waals surface area contributed by atoms with Gasteiger partial charge < -0.3 is 9.47 Å². The molecule has 0 radical (unpaired) electrons. The van der Waals surface area contributed by atoms with E-state index in [2.05, 4.69) is 4.57 Å². The average molecular weight is 398 g/mol. The molecular formula is C21H22N2O4S. The highest BCUT2D eigenvalue weighted by molar-refractivity contribution is 7.90. The van der Waals surface area contributed by atoms with E-state index in [9.17, 15) is 8.42 Å². The largest absolute Gasteiger partial charge is 0.497 e. The number of nitrogens with zero attached hydrogens (tertiary/aromatic N) is 2. The fraction of sp³-hybridized carbons (Fsp3) is 0.286. The maximum Gasteiger partial charge on any atom is 0.175 e. The third kappa shape index (κ3) is 3.21. The molecule has 28 heavy (non-hydrogen) atoms. The van der Waals surface area contributed by atoms with Gasteiger partial charge in [0.05, 0.1) is 30.0 Å². The summed E-state index contributed by atoms with van der Waals surface area (Å²) in [5.41, 5.74) is 4.95. The molecule has 0 saturated carbocycles. The quantitative estimate of drug-likeness (QED) is 0.660. The number of aromatic nitrogens is 2. The SMILES string of the molecule is COCc1nc(-c2ccc(OC)cc2)n2c1CCc1cc(S(C)(=O)=O)ccc1-2. The summed E-state index contributed by atoms with van der Waals surface area (Å²) in [5, 5.41) is 0. The van der Waals surface area contributed by atoms with Crippen LogP contribution in [0, 0.1) is 0 Å². The molecule has 0 fully saturated rings. The summed E-state index contributed by atoms with van der Waals surface area (Å²) < 4.78 is 36.7. The van der Waals surface area contributed by atoms with Gasteiger partial charge in [0.15, 0.2) is 9.84 Å². The van der Waals surface area contributed by atoms with Crippen molar-refractivity contribution in [1.82, 2.24) is 9.55 Å². The van der Waals surface area contributed by atoms with Crippen LogP contribution in [0.15, 0.2) is 47.4 Å². The van der Waals surface area contributed by atoms with Crippen LogP contribution in [0.25, 0.3) is 17.1 Å². The monoisotopic (exact) mass is 398 g/mol.